The van der Waals surface area contributed by atoms with Gasteiger partial charge in [-0.15, -0.1) is 13.2 Å². The first-order valence-corrected chi connectivity index (χ1v) is 3.79. The Morgan fingerprint density at radius 3 is 2.73 bits per heavy atom. The van der Waals surface area contributed by atoms with E-state index in [4.69, 9.17) is 5.21 Å². The van der Waals surface area contributed by atoms with E-state index in [2.05, 4.69) is 9.73 Å². The highest BCUT2D eigenvalue weighted by atomic mass is 19.4. The molecule has 0 fully saturated rings. The van der Waals surface area contributed by atoms with Gasteiger partial charge in [0.05, 0.1) is 5.69 Å². The second-order valence-corrected chi connectivity index (χ2v) is 2.43. The predicted octanol–water partition coefficient (Wildman–Crippen LogP) is 2.22. The summed E-state index contributed by atoms with van der Waals surface area (Å²) in [5, 5.41) is 8.17. The molecule has 0 unspecified atom stereocenters. The van der Waals surface area contributed by atoms with Gasteiger partial charge in [0.2, 0.25) is 0 Å². The number of nitrogens with zero attached hydrogens (tertiary/aromatic N) is 1. The van der Waals surface area contributed by atoms with Crippen LogP contribution in [0.2, 0.25) is 0 Å². The van der Waals surface area contributed by atoms with Gasteiger partial charge in [0.1, 0.15) is 12.1 Å². The summed E-state index contributed by atoms with van der Waals surface area (Å²) >= 11 is 0. The minimum absolute atomic E-state index is 0.221. The molecule has 0 aliphatic carbocycles. The lowest BCUT2D eigenvalue weighted by Crippen LogP contribution is -2.16. The summed E-state index contributed by atoms with van der Waals surface area (Å²) in [6, 6.07) is 5.04. The Labute approximate surface area is 83.0 Å². The zero-order valence-electron chi connectivity index (χ0n) is 7.32. The zero-order chi connectivity index (χ0) is 11.3. The van der Waals surface area contributed by atoms with Gasteiger partial charge in [-0.3, -0.25) is 10.7 Å². The average molecular weight is 220 g/mol. The Morgan fingerprint density at radius 2 is 2.13 bits per heavy atom. The Hall–Kier alpha value is -1.76. The third-order valence-corrected chi connectivity index (χ3v) is 1.32. The van der Waals surface area contributed by atoms with Crippen LogP contribution in [0.4, 0.5) is 18.9 Å². The van der Waals surface area contributed by atoms with Crippen molar-refractivity contribution in [3.63, 3.8) is 0 Å². The number of hydrogen-bond donors (Lipinski definition) is 2. The average Bonchev–Trinajstić information content (AvgIpc) is 2.12. The predicted molar refractivity (Wildman–Crippen MR) is 46.2 cm³/mol. The molecule has 0 radical (unpaired) electrons. The zero-order valence-corrected chi connectivity index (χ0v) is 7.32. The molecular formula is C8H7F3N2O2. The van der Waals surface area contributed by atoms with E-state index in [1.54, 1.807) is 5.48 Å². The van der Waals surface area contributed by atoms with Crippen LogP contribution in [-0.4, -0.2) is 17.9 Å². The molecule has 1 rings (SSSR count). The first-order chi connectivity index (χ1) is 7.01. The highest BCUT2D eigenvalue weighted by Crippen LogP contribution is 2.25. The Kier molecular flexibility index (Phi) is 3.51. The van der Waals surface area contributed by atoms with Crippen molar-refractivity contribution in [2.75, 3.05) is 0 Å². The van der Waals surface area contributed by atoms with Gasteiger partial charge in [0.25, 0.3) is 0 Å². The maximum Gasteiger partial charge on any atom is 0.573 e. The van der Waals surface area contributed by atoms with Gasteiger partial charge in [-0.1, -0.05) is 6.07 Å². The number of hydroxylamine groups is 1. The van der Waals surface area contributed by atoms with Gasteiger partial charge in [0, 0.05) is 6.07 Å². The molecule has 7 heteroatoms. The molecule has 0 saturated heterocycles. The van der Waals surface area contributed by atoms with Crippen LogP contribution < -0.4 is 10.2 Å². The van der Waals surface area contributed by atoms with Crippen LogP contribution in [0.15, 0.2) is 29.3 Å². The smallest absolute Gasteiger partial charge is 0.406 e. The van der Waals surface area contributed by atoms with Crippen molar-refractivity contribution >= 4 is 12.0 Å². The number of hydrogen-bond acceptors (Lipinski definition) is 3. The highest BCUT2D eigenvalue weighted by molar-refractivity contribution is 5.60. The Balaban J connectivity index is 2.79. The second-order valence-electron chi connectivity index (χ2n) is 2.43. The van der Waals surface area contributed by atoms with Gasteiger partial charge < -0.3 is 4.74 Å². The minimum Gasteiger partial charge on any atom is -0.406 e. The van der Waals surface area contributed by atoms with Crippen molar-refractivity contribution in [1.29, 1.82) is 0 Å². The van der Waals surface area contributed by atoms with E-state index in [0.29, 0.717) is 0 Å². The second kappa shape index (κ2) is 4.65. The fraction of sp³-hybridized carbons (Fsp3) is 0.125. The lowest BCUT2D eigenvalue weighted by atomic mass is 10.3. The van der Waals surface area contributed by atoms with Crippen LogP contribution in [0.1, 0.15) is 0 Å². The first kappa shape index (κ1) is 11.3. The van der Waals surface area contributed by atoms with Crippen molar-refractivity contribution < 1.29 is 23.1 Å². The van der Waals surface area contributed by atoms with Crippen molar-refractivity contribution in [1.82, 2.24) is 5.48 Å². The van der Waals surface area contributed by atoms with Crippen molar-refractivity contribution in [2.45, 2.75) is 6.36 Å². The van der Waals surface area contributed by atoms with Gasteiger partial charge in [-0.2, -0.15) is 0 Å². The van der Waals surface area contributed by atoms with Gasteiger partial charge >= 0.3 is 6.36 Å². The van der Waals surface area contributed by atoms with Gasteiger partial charge in [-0.25, -0.2) is 4.99 Å². The highest BCUT2D eigenvalue weighted by Gasteiger charge is 2.31. The number of halogens is 3. The van der Waals surface area contributed by atoms with Crippen molar-refractivity contribution in [2.24, 2.45) is 4.99 Å². The lowest BCUT2D eigenvalue weighted by Gasteiger charge is -2.08. The molecule has 4 nitrogen and oxygen atoms in total. The number of ether oxygens (including phenoxy) is 1. The fourth-order valence-corrected chi connectivity index (χ4v) is 0.864. The summed E-state index contributed by atoms with van der Waals surface area (Å²) < 4.78 is 39.1. The molecule has 0 atom stereocenters. The molecule has 0 heterocycles. The Bertz CT molecular complexity index is 352. The van der Waals surface area contributed by atoms with Crippen LogP contribution >= 0.6 is 0 Å². The molecule has 0 spiro atoms. The topological polar surface area (TPSA) is 53.8 Å². The molecule has 2 N–H and O–H groups in total. The number of aliphatic imine (C=N–C) groups is 1. The van der Waals surface area contributed by atoms with Gasteiger partial charge in [-0.05, 0) is 12.1 Å². The molecule has 0 aromatic heterocycles. The standard InChI is InChI=1S/C8H7F3N2O2/c9-8(10,11)15-7-3-1-2-6(4-7)12-5-13-14/h1-5,14H,(H,12,13). The minimum atomic E-state index is -4.72. The summed E-state index contributed by atoms with van der Waals surface area (Å²) in [5.74, 6) is -0.366. The van der Waals surface area contributed by atoms with Gasteiger partial charge in [0.15, 0.2) is 0 Å². The molecule has 1 aromatic rings. The molecule has 0 amide bonds. The lowest BCUT2D eigenvalue weighted by molar-refractivity contribution is -0.274. The summed E-state index contributed by atoms with van der Waals surface area (Å²) in [4.78, 5) is 3.58. The molecule has 15 heavy (non-hydrogen) atoms. The third-order valence-electron chi connectivity index (χ3n) is 1.32. The monoisotopic (exact) mass is 220 g/mol. The maximum atomic E-state index is 11.8. The van der Waals surface area contributed by atoms with Crippen LogP contribution in [0.3, 0.4) is 0 Å². The number of alkyl halides is 3. The Morgan fingerprint density at radius 1 is 1.40 bits per heavy atom. The van der Waals surface area contributed by atoms with E-state index in [9.17, 15) is 13.2 Å². The summed E-state index contributed by atoms with van der Waals surface area (Å²) in [7, 11) is 0. The van der Waals surface area contributed by atoms with E-state index < -0.39 is 6.36 Å². The van der Waals surface area contributed by atoms with E-state index in [1.165, 1.54) is 12.1 Å². The molecule has 0 bridgehead atoms. The van der Waals surface area contributed by atoms with E-state index in [1.807, 2.05) is 0 Å². The summed E-state index contributed by atoms with van der Waals surface area (Å²) in [6.45, 7) is 0. The quantitative estimate of drug-likeness (QED) is 0.466. The molecular weight excluding hydrogens is 213 g/mol. The fourth-order valence-electron chi connectivity index (χ4n) is 0.864. The first-order valence-electron chi connectivity index (χ1n) is 3.79. The molecule has 0 saturated carbocycles. The number of nitrogens with one attached hydrogen (secondary N) is 1. The molecule has 0 aliphatic heterocycles. The van der Waals surface area contributed by atoms with Crippen LogP contribution in [0.5, 0.6) is 5.75 Å². The molecule has 0 aliphatic rings. The normalized spacial score (nSPS) is 11.7. The summed E-state index contributed by atoms with van der Waals surface area (Å²) in [6.07, 6.45) is -3.80. The largest absolute Gasteiger partial charge is 0.573 e. The van der Waals surface area contributed by atoms with E-state index in [0.717, 1.165) is 18.5 Å². The van der Waals surface area contributed by atoms with Crippen molar-refractivity contribution in [3.8, 4) is 5.75 Å². The van der Waals surface area contributed by atoms with E-state index >= 15 is 0 Å². The maximum absolute atomic E-state index is 11.8. The van der Waals surface area contributed by atoms with E-state index in [-0.39, 0.29) is 11.4 Å². The van der Waals surface area contributed by atoms with Crippen LogP contribution in [-0.2, 0) is 0 Å². The van der Waals surface area contributed by atoms with Crippen LogP contribution in [0.25, 0.3) is 0 Å². The van der Waals surface area contributed by atoms with Crippen molar-refractivity contribution in [3.05, 3.63) is 24.3 Å². The molecule has 82 valence electrons. The molecule has 1 aromatic carbocycles. The third kappa shape index (κ3) is 4.32. The SMILES string of the molecule is ONC=Nc1cccc(OC(F)(F)F)c1. The summed E-state index contributed by atoms with van der Waals surface area (Å²) in [5.41, 5.74) is 1.85. The number of rotatable bonds is 3. The van der Waals surface area contributed by atoms with Crippen LogP contribution in [0, 0.1) is 0 Å². The number of benzene rings is 1.